The molecule has 12 rings (SSSR count). The van der Waals surface area contributed by atoms with Gasteiger partial charge in [0.1, 0.15) is 18.2 Å². The first kappa shape index (κ1) is 32.9. The minimum absolute atomic E-state index is 0.109. The summed E-state index contributed by atoms with van der Waals surface area (Å²) in [6, 6.07) is 57.4. The Kier molecular flexibility index (Phi) is 7.58. The molecular weight excluding hydrogens is 733 g/mol. The van der Waals surface area contributed by atoms with E-state index in [2.05, 4.69) is 185 Å². The Morgan fingerprint density at radius 3 is 1.98 bits per heavy atom. The summed E-state index contributed by atoms with van der Waals surface area (Å²) in [5.74, 6) is 0.900. The lowest BCUT2D eigenvalue weighted by Gasteiger charge is -2.32. The Labute approximate surface area is 338 Å². The third kappa shape index (κ3) is 5.18. The molecule has 0 radical (unpaired) electrons. The molecule has 1 aliphatic carbocycles. The molecular formula is C51H36N4S2. The van der Waals surface area contributed by atoms with Crippen LogP contribution in [0, 0.1) is 0 Å². The quantitative estimate of drug-likeness (QED) is 0.183. The zero-order valence-electron chi connectivity index (χ0n) is 30.9. The highest BCUT2D eigenvalue weighted by atomic mass is 32.1. The number of nitrogens with zero attached hydrogens (tertiary/aromatic N) is 2. The van der Waals surface area contributed by atoms with E-state index in [0.29, 0.717) is 0 Å². The predicted molar refractivity (Wildman–Crippen MR) is 243 cm³/mol. The normalized spacial score (nSPS) is 16.7. The summed E-state index contributed by atoms with van der Waals surface area (Å²) in [5.41, 5.74) is 11.2. The minimum atomic E-state index is -0.203. The van der Waals surface area contributed by atoms with Crippen molar-refractivity contribution in [3.63, 3.8) is 0 Å². The van der Waals surface area contributed by atoms with Crippen LogP contribution in [-0.2, 0) is 6.42 Å². The van der Waals surface area contributed by atoms with E-state index in [9.17, 15) is 0 Å². The van der Waals surface area contributed by atoms with Gasteiger partial charge in [-0.3, -0.25) is 5.32 Å². The molecule has 0 fully saturated rings. The molecule has 6 heteroatoms. The highest BCUT2D eigenvalue weighted by Crippen LogP contribution is 2.48. The topological polar surface area (TPSA) is 41.4 Å². The van der Waals surface area contributed by atoms with Crippen molar-refractivity contribution >= 4 is 85.8 Å². The Balaban J connectivity index is 1.08. The van der Waals surface area contributed by atoms with Crippen LogP contribution in [0.15, 0.2) is 169 Å². The van der Waals surface area contributed by atoms with Crippen LogP contribution in [0.1, 0.15) is 46.7 Å². The SMILES string of the molecule is C1=Cc2c(c3ccccc3n2-c2cccc3c2sc2cccc(-c4cccc5sc6cccc(C7=NC(c8ccccc8)NC(c8ccccc8)N7)c6c45)c23)CC1. The summed E-state index contributed by atoms with van der Waals surface area (Å²) in [6.45, 7) is 0. The fourth-order valence-corrected chi connectivity index (χ4v) is 11.7. The van der Waals surface area contributed by atoms with Gasteiger partial charge in [0.15, 0.2) is 0 Å². The van der Waals surface area contributed by atoms with Crippen molar-refractivity contribution in [1.29, 1.82) is 0 Å². The average Bonchev–Trinajstić information content (AvgIpc) is 3.97. The molecule has 2 unspecified atom stereocenters. The fourth-order valence-electron chi connectivity index (χ4n) is 9.29. The molecule has 272 valence electrons. The molecule has 10 aromatic rings. The molecule has 2 atom stereocenters. The van der Waals surface area contributed by atoms with Crippen LogP contribution in [0.5, 0.6) is 0 Å². The molecule has 1 aliphatic heterocycles. The van der Waals surface area contributed by atoms with Gasteiger partial charge in [-0.05, 0) is 77.1 Å². The Morgan fingerprint density at radius 2 is 1.19 bits per heavy atom. The van der Waals surface area contributed by atoms with Crippen molar-refractivity contribution in [2.75, 3.05) is 0 Å². The lowest BCUT2D eigenvalue weighted by molar-refractivity contribution is 0.409. The van der Waals surface area contributed by atoms with Crippen molar-refractivity contribution in [2.24, 2.45) is 4.99 Å². The number of rotatable bonds is 5. The van der Waals surface area contributed by atoms with Gasteiger partial charge in [0, 0.05) is 52.3 Å². The number of allylic oxidation sites excluding steroid dienone is 1. The minimum Gasteiger partial charge on any atom is -0.350 e. The second-order valence-corrected chi connectivity index (χ2v) is 17.1. The summed E-state index contributed by atoms with van der Waals surface area (Å²) in [6.07, 6.45) is 6.51. The third-order valence-corrected chi connectivity index (χ3v) is 14.1. The molecule has 2 aliphatic rings. The van der Waals surface area contributed by atoms with E-state index in [1.54, 1.807) is 0 Å². The molecule has 0 amide bonds. The second-order valence-electron chi connectivity index (χ2n) is 15.0. The number of hydrogen-bond donors (Lipinski definition) is 2. The summed E-state index contributed by atoms with van der Waals surface area (Å²) in [7, 11) is 0. The van der Waals surface area contributed by atoms with Crippen LogP contribution in [-0.4, -0.2) is 10.4 Å². The molecule has 3 aromatic heterocycles. The highest BCUT2D eigenvalue weighted by molar-refractivity contribution is 7.26. The molecule has 0 saturated carbocycles. The molecule has 0 spiro atoms. The van der Waals surface area contributed by atoms with Crippen molar-refractivity contribution in [1.82, 2.24) is 15.2 Å². The standard InChI is InChI=1S/C51H36N4S2/c1-3-15-31(16-4-1)49-52-50(32-17-5-2-6-18-32)54-51(53-49)38-24-14-30-44-47(38)46-36(22-13-29-43(46)56-44)35-21-12-28-42-45(35)37-23-11-27-41(48(37)57-42)55-39-25-9-7-19-33(39)34-20-8-10-26-40(34)55/h1-7,9-19,21-30,49-50,52H,8,20H2,(H,53,54). The Hall–Kier alpha value is -6.31. The molecule has 7 aromatic carbocycles. The van der Waals surface area contributed by atoms with Crippen LogP contribution < -0.4 is 10.6 Å². The van der Waals surface area contributed by atoms with Gasteiger partial charge in [0.2, 0.25) is 0 Å². The number of aliphatic imine (C=N–C) groups is 1. The van der Waals surface area contributed by atoms with Gasteiger partial charge in [0.05, 0.1) is 15.9 Å². The largest absolute Gasteiger partial charge is 0.350 e. The molecule has 0 saturated heterocycles. The lowest BCUT2D eigenvalue weighted by Crippen LogP contribution is -2.45. The lowest BCUT2D eigenvalue weighted by atomic mass is 9.93. The fraction of sp³-hybridized carbons (Fsp3) is 0.0784. The van der Waals surface area contributed by atoms with Crippen LogP contribution in [0.4, 0.5) is 0 Å². The first-order valence-corrected chi connectivity index (χ1v) is 21.3. The van der Waals surface area contributed by atoms with Crippen molar-refractivity contribution in [2.45, 2.75) is 25.2 Å². The monoisotopic (exact) mass is 768 g/mol. The molecule has 57 heavy (non-hydrogen) atoms. The maximum atomic E-state index is 5.40. The van der Waals surface area contributed by atoms with Crippen LogP contribution in [0.25, 0.3) is 74.1 Å². The number of amidine groups is 1. The number of aromatic nitrogens is 1. The Bertz CT molecular complexity index is 3260. The number of thiophene rings is 2. The van der Waals surface area contributed by atoms with Gasteiger partial charge < -0.3 is 9.88 Å². The number of benzene rings is 7. The molecule has 0 bridgehead atoms. The average molecular weight is 769 g/mol. The highest BCUT2D eigenvalue weighted by Gasteiger charge is 2.28. The number of hydrogen-bond acceptors (Lipinski definition) is 5. The van der Waals surface area contributed by atoms with Gasteiger partial charge in [-0.2, -0.15) is 0 Å². The summed E-state index contributed by atoms with van der Waals surface area (Å²) < 4.78 is 7.66. The van der Waals surface area contributed by atoms with E-state index in [0.717, 1.165) is 29.8 Å². The maximum Gasteiger partial charge on any atom is 0.132 e. The zero-order chi connectivity index (χ0) is 37.5. The first-order chi connectivity index (χ1) is 28.3. The van der Waals surface area contributed by atoms with Crippen LogP contribution in [0.2, 0.25) is 0 Å². The number of aryl methyl sites for hydroxylation is 1. The van der Waals surface area contributed by atoms with E-state index in [4.69, 9.17) is 4.99 Å². The van der Waals surface area contributed by atoms with Gasteiger partial charge in [0.25, 0.3) is 0 Å². The third-order valence-electron chi connectivity index (χ3n) is 11.8. The van der Waals surface area contributed by atoms with E-state index in [1.165, 1.54) is 84.9 Å². The van der Waals surface area contributed by atoms with Gasteiger partial charge in [-0.1, -0.05) is 133 Å². The van der Waals surface area contributed by atoms with E-state index in [-0.39, 0.29) is 12.3 Å². The van der Waals surface area contributed by atoms with Crippen molar-refractivity contribution in [3.05, 3.63) is 192 Å². The van der Waals surface area contributed by atoms with E-state index < -0.39 is 0 Å². The van der Waals surface area contributed by atoms with Crippen molar-refractivity contribution < 1.29 is 0 Å². The van der Waals surface area contributed by atoms with Crippen LogP contribution in [0.3, 0.4) is 0 Å². The Morgan fingerprint density at radius 1 is 0.561 bits per heavy atom. The van der Waals surface area contributed by atoms with Gasteiger partial charge >= 0.3 is 0 Å². The van der Waals surface area contributed by atoms with Crippen LogP contribution >= 0.6 is 22.7 Å². The molecule has 4 nitrogen and oxygen atoms in total. The van der Waals surface area contributed by atoms with Crippen molar-refractivity contribution in [3.8, 4) is 16.8 Å². The van der Waals surface area contributed by atoms with Gasteiger partial charge in [-0.15, -0.1) is 22.7 Å². The number of fused-ring (bicyclic) bond motifs is 9. The molecule has 2 N–H and O–H groups in total. The first-order valence-electron chi connectivity index (χ1n) is 19.7. The molecule has 4 heterocycles. The number of nitrogens with one attached hydrogen (secondary N) is 2. The second kappa shape index (κ2) is 13.1. The van der Waals surface area contributed by atoms with E-state index in [1.807, 2.05) is 22.7 Å². The number of para-hydroxylation sites is 1. The summed E-state index contributed by atoms with van der Waals surface area (Å²) in [5, 5.41) is 14.1. The summed E-state index contributed by atoms with van der Waals surface area (Å²) in [4.78, 5) is 5.40. The predicted octanol–water partition coefficient (Wildman–Crippen LogP) is 13.3. The smallest absolute Gasteiger partial charge is 0.132 e. The maximum absolute atomic E-state index is 5.40. The zero-order valence-corrected chi connectivity index (χ0v) is 32.6. The summed E-state index contributed by atoms with van der Waals surface area (Å²) >= 11 is 3.77. The van der Waals surface area contributed by atoms with Gasteiger partial charge in [-0.25, -0.2) is 4.99 Å². The van der Waals surface area contributed by atoms with E-state index >= 15 is 0 Å².